The molecule has 0 aliphatic carbocycles. The lowest BCUT2D eigenvalue weighted by atomic mass is 10.0. The zero-order valence-electron chi connectivity index (χ0n) is 15.7. The number of nitrogens with one attached hydrogen (secondary N) is 1. The van der Waals surface area contributed by atoms with Crippen molar-refractivity contribution < 1.29 is 4.79 Å². The molecule has 4 aromatic rings. The molecule has 4 heteroatoms. The third-order valence-corrected chi connectivity index (χ3v) is 4.54. The number of amides is 1. The lowest BCUT2D eigenvalue weighted by molar-refractivity contribution is -0.116. The van der Waals surface area contributed by atoms with Crippen molar-refractivity contribution >= 4 is 17.6 Å². The van der Waals surface area contributed by atoms with Gasteiger partial charge in [-0.05, 0) is 41.3 Å². The molecule has 1 amide bonds. The third kappa shape index (κ3) is 4.18. The minimum atomic E-state index is -0.139. The Morgan fingerprint density at radius 1 is 0.964 bits per heavy atom. The monoisotopic (exact) mass is 367 g/mol. The van der Waals surface area contributed by atoms with Crippen LogP contribution in [0.25, 0.3) is 22.9 Å². The minimum absolute atomic E-state index is 0.139. The second-order valence-electron chi connectivity index (χ2n) is 6.74. The van der Waals surface area contributed by atoms with Gasteiger partial charge >= 0.3 is 0 Å². The smallest absolute Gasteiger partial charge is 0.244 e. The number of carbonyl (C=O) groups is 1. The number of pyridine rings is 1. The quantitative estimate of drug-likeness (QED) is 0.522. The number of benzene rings is 2. The Kier molecular flexibility index (Phi) is 5.02. The Labute approximate surface area is 164 Å². The van der Waals surface area contributed by atoms with Crippen molar-refractivity contribution in [3.05, 3.63) is 102 Å². The summed E-state index contributed by atoms with van der Waals surface area (Å²) in [6, 6.07) is 22.4. The summed E-state index contributed by atoms with van der Waals surface area (Å²) in [5.74, 6) is -0.139. The van der Waals surface area contributed by atoms with Crippen LogP contribution in [0.3, 0.4) is 0 Å². The maximum Gasteiger partial charge on any atom is 0.244 e. The van der Waals surface area contributed by atoms with Gasteiger partial charge in [0.2, 0.25) is 5.91 Å². The van der Waals surface area contributed by atoms with E-state index in [0.717, 1.165) is 22.5 Å². The molecule has 0 spiro atoms. The van der Waals surface area contributed by atoms with E-state index in [-0.39, 0.29) is 5.91 Å². The summed E-state index contributed by atoms with van der Waals surface area (Å²) in [4.78, 5) is 16.6. The van der Waals surface area contributed by atoms with Gasteiger partial charge in [0.05, 0.1) is 12.2 Å². The number of hydrogen-bond acceptors (Lipinski definition) is 2. The summed E-state index contributed by atoms with van der Waals surface area (Å²) in [5, 5.41) is 2.88. The summed E-state index contributed by atoms with van der Waals surface area (Å²) in [5.41, 5.74) is 6.20. The van der Waals surface area contributed by atoms with E-state index in [0.29, 0.717) is 6.54 Å². The number of fused-ring (bicyclic) bond motifs is 1. The molecule has 138 valence electrons. The van der Waals surface area contributed by atoms with Gasteiger partial charge in [-0.1, -0.05) is 60.7 Å². The fourth-order valence-corrected chi connectivity index (χ4v) is 3.07. The number of hydrogen-bond donors (Lipinski definition) is 1. The Bertz CT molecular complexity index is 1130. The van der Waals surface area contributed by atoms with Gasteiger partial charge < -0.3 is 9.72 Å². The fraction of sp³-hybridized carbons (Fsp3) is 0.0833. The molecule has 28 heavy (non-hydrogen) atoms. The van der Waals surface area contributed by atoms with E-state index in [1.54, 1.807) is 6.08 Å². The van der Waals surface area contributed by atoms with Crippen LogP contribution in [-0.4, -0.2) is 15.3 Å². The molecule has 2 aromatic heterocycles. The first-order valence-electron chi connectivity index (χ1n) is 9.23. The molecule has 0 saturated carbocycles. The second-order valence-corrected chi connectivity index (χ2v) is 6.74. The first-order valence-corrected chi connectivity index (χ1v) is 9.23. The average molecular weight is 367 g/mol. The van der Waals surface area contributed by atoms with Crippen molar-refractivity contribution in [2.45, 2.75) is 13.5 Å². The minimum Gasteiger partial charge on any atom is -0.347 e. The molecule has 4 nitrogen and oxygen atoms in total. The van der Waals surface area contributed by atoms with Crippen LogP contribution < -0.4 is 5.32 Å². The van der Waals surface area contributed by atoms with Gasteiger partial charge in [0.25, 0.3) is 0 Å². The summed E-state index contributed by atoms with van der Waals surface area (Å²) >= 11 is 0. The highest BCUT2D eigenvalue weighted by atomic mass is 16.1. The molecular weight excluding hydrogens is 346 g/mol. The molecule has 2 heterocycles. The van der Waals surface area contributed by atoms with Gasteiger partial charge in [-0.15, -0.1) is 0 Å². The number of nitrogens with zero attached hydrogens (tertiary/aromatic N) is 2. The van der Waals surface area contributed by atoms with Crippen molar-refractivity contribution in [2.75, 3.05) is 0 Å². The van der Waals surface area contributed by atoms with E-state index in [2.05, 4.69) is 34.6 Å². The Morgan fingerprint density at radius 3 is 2.50 bits per heavy atom. The van der Waals surface area contributed by atoms with Gasteiger partial charge in [0.15, 0.2) is 0 Å². The molecule has 2 aromatic carbocycles. The summed E-state index contributed by atoms with van der Waals surface area (Å²) in [7, 11) is 0. The molecule has 0 atom stereocenters. The zero-order valence-corrected chi connectivity index (χ0v) is 15.7. The highest BCUT2D eigenvalue weighted by Crippen LogP contribution is 2.19. The maximum atomic E-state index is 12.1. The molecule has 0 unspecified atom stereocenters. The second kappa shape index (κ2) is 7.92. The van der Waals surface area contributed by atoms with Crippen LogP contribution in [0, 0.1) is 6.92 Å². The molecule has 0 fully saturated rings. The van der Waals surface area contributed by atoms with E-state index in [1.165, 1.54) is 11.1 Å². The predicted molar refractivity (Wildman–Crippen MR) is 113 cm³/mol. The molecule has 0 aliphatic rings. The number of imidazole rings is 1. The van der Waals surface area contributed by atoms with E-state index >= 15 is 0 Å². The van der Waals surface area contributed by atoms with Gasteiger partial charge in [-0.2, -0.15) is 0 Å². The van der Waals surface area contributed by atoms with Gasteiger partial charge in [-0.3, -0.25) is 4.79 Å². The fourth-order valence-electron chi connectivity index (χ4n) is 3.07. The molecular formula is C24H21N3O. The van der Waals surface area contributed by atoms with Crippen LogP contribution in [-0.2, 0) is 11.3 Å². The third-order valence-electron chi connectivity index (χ3n) is 4.54. The first-order chi connectivity index (χ1) is 13.7. The van der Waals surface area contributed by atoms with E-state index < -0.39 is 0 Å². The highest BCUT2D eigenvalue weighted by molar-refractivity contribution is 5.91. The summed E-state index contributed by atoms with van der Waals surface area (Å²) in [6.45, 7) is 2.44. The van der Waals surface area contributed by atoms with Gasteiger partial charge in [0.1, 0.15) is 5.65 Å². The Hall–Kier alpha value is -3.66. The van der Waals surface area contributed by atoms with Crippen molar-refractivity contribution in [2.24, 2.45) is 0 Å². The van der Waals surface area contributed by atoms with E-state index in [9.17, 15) is 4.79 Å². The zero-order chi connectivity index (χ0) is 19.3. The van der Waals surface area contributed by atoms with Crippen LogP contribution in [0.15, 0.2) is 85.2 Å². The molecule has 4 rings (SSSR count). The topological polar surface area (TPSA) is 46.4 Å². The lowest BCUT2D eigenvalue weighted by Gasteiger charge is -2.02. The molecule has 1 N–H and O–H groups in total. The van der Waals surface area contributed by atoms with Crippen LogP contribution in [0.2, 0.25) is 0 Å². The first kappa shape index (κ1) is 17.7. The van der Waals surface area contributed by atoms with E-state index in [4.69, 9.17) is 0 Å². The summed E-state index contributed by atoms with van der Waals surface area (Å²) in [6.07, 6.45) is 7.33. The number of aromatic nitrogens is 2. The Morgan fingerprint density at radius 2 is 1.71 bits per heavy atom. The number of rotatable bonds is 5. The maximum absolute atomic E-state index is 12.1. The molecule has 0 saturated heterocycles. The van der Waals surface area contributed by atoms with Crippen LogP contribution in [0.5, 0.6) is 0 Å². The van der Waals surface area contributed by atoms with Crippen LogP contribution in [0.4, 0.5) is 0 Å². The van der Waals surface area contributed by atoms with Gasteiger partial charge in [0, 0.05) is 18.5 Å². The largest absolute Gasteiger partial charge is 0.347 e. The van der Waals surface area contributed by atoms with Gasteiger partial charge in [-0.25, -0.2) is 4.98 Å². The highest BCUT2D eigenvalue weighted by Gasteiger charge is 2.03. The van der Waals surface area contributed by atoms with Crippen LogP contribution >= 0.6 is 0 Å². The normalized spacial score (nSPS) is 11.2. The van der Waals surface area contributed by atoms with E-state index in [1.807, 2.05) is 72.3 Å². The standard InChI is InChI=1S/C24H21N3O/c1-18-7-13-23-26-22(17-27(23)16-18)15-25-24(28)14-10-19-8-11-21(12-9-19)20-5-3-2-4-6-20/h2-14,16-17H,15H2,1H3,(H,25,28)/b14-10+. The van der Waals surface area contributed by atoms with Crippen molar-refractivity contribution in [1.82, 2.24) is 14.7 Å². The SMILES string of the molecule is Cc1ccc2nc(CNC(=O)/C=C/c3ccc(-c4ccccc4)cc3)cn2c1. The lowest BCUT2D eigenvalue weighted by Crippen LogP contribution is -2.20. The number of carbonyl (C=O) groups excluding carboxylic acids is 1. The number of aryl methyl sites for hydroxylation is 1. The predicted octanol–water partition coefficient (Wildman–Crippen LogP) is 4.64. The van der Waals surface area contributed by atoms with Crippen LogP contribution in [0.1, 0.15) is 16.8 Å². The van der Waals surface area contributed by atoms with Crippen molar-refractivity contribution in [1.29, 1.82) is 0 Å². The summed E-state index contributed by atoms with van der Waals surface area (Å²) < 4.78 is 1.97. The molecule has 0 radical (unpaired) electrons. The molecule has 0 bridgehead atoms. The van der Waals surface area contributed by atoms with Crippen molar-refractivity contribution in [3.8, 4) is 11.1 Å². The Balaban J connectivity index is 1.35. The molecule has 0 aliphatic heterocycles. The van der Waals surface area contributed by atoms with Crippen molar-refractivity contribution in [3.63, 3.8) is 0 Å². The average Bonchev–Trinajstić information content (AvgIpc) is 3.14.